The fourth-order valence-corrected chi connectivity index (χ4v) is 5.31. The van der Waals surface area contributed by atoms with Crippen molar-refractivity contribution in [3.63, 3.8) is 0 Å². The van der Waals surface area contributed by atoms with E-state index < -0.39 is 23.9 Å². The molecule has 0 aliphatic carbocycles. The number of nitrogens with one attached hydrogen (secondary N) is 2. The van der Waals surface area contributed by atoms with E-state index in [1.165, 1.54) is 4.90 Å². The van der Waals surface area contributed by atoms with Gasteiger partial charge in [0.1, 0.15) is 17.9 Å². The molecule has 10 nitrogen and oxygen atoms in total. The third-order valence-corrected chi connectivity index (χ3v) is 8.04. The lowest BCUT2D eigenvalue weighted by Gasteiger charge is -2.37. The molecule has 4 N–H and O–H groups in total. The predicted octanol–water partition coefficient (Wildman–Crippen LogP) is 2.35. The van der Waals surface area contributed by atoms with E-state index in [1.807, 2.05) is 31.2 Å². The number of ketones is 1. The number of hydrogen-bond acceptors (Lipinski definition) is 6. The van der Waals surface area contributed by atoms with E-state index in [4.69, 9.17) is 17.3 Å². The number of carbonyl (C=O) groups excluding carboxylic acids is 5. The van der Waals surface area contributed by atoms with Gasteiger partial charge in [0.2, 0.25) is 23.6 Å². The van der Waals surface area contributed by atoms with Crippen LogP contribution in [-0.2, 0) is 36.9 Å². The highest BCUT2D eigenvalue weighted by Gasteiger charge is 2.36. The number of nitrogens with two attached hydrogens (primary N) is 1. The number of hydrogen-bond donors (Lipinski definition) is 3. The molecular weight excluding hydrogens is 546 g/mol. The Morgan fingerprint density at radius 3 is 2.39 bits per heavy atom. The van der Waals surface area contributed by atoms with Gasteiger partial charge in [-0.3, -0.25) is 24.0 Å². The van der Waals surface area contributed by atoms with Crippen LogP contribution in [0.2, 0.25) is 5.02 Å². The van der Waals surface area contributed by atoms with Gasteiger partial charge in [-0.2, -0.15) is 0 Å². The normalized spacial score (nSPS) is 17.4. The van der Waals surface area contributed by atoms with Gasteiger partial charge in [0.05, 0.1) is 0 Å². The average Bonchev–Trinajstić information content (AvgIpc) is 2.97. The van der Waals surface area contributed by atoms with Crippen molar-refractivity contribution < 1.29 is 24.0 Å². The Hall–Kier alpha value is -3.76. The number of halogens is 1. The summed E-state index contributed by atoms with van der Waals surface area (Å²) >= 11 is 6.09. The Kier molecular flexibility index (Phi) is 10.1. The molecule has 11 heteroatoms. The highest BCUT2D eigenvalue weighted by Crippen LogP contribution is 2.25. The van der Waals surface area contributed by atoms with E-state index in [9.17, 15) is 24.0 Å². The van der Waals surface area contributed by atoms with Crippen molar-refractivity contribution in [3.8, 4) is 0 Å². The minimum atomic E-state index is -0.916. The molecule has 2 aromatic rings. The van der Waals surface area contributed by atoms with E-state index in [2.05, 4.69) is 10.6 Å². The van der Waals surface area contributed by atoms with Crippen LogP contribution in [-0.4, -0.2) is 70.9 Å². The van der Waals surface area contributed by atoms with Crippen LogP contribution in [0.15, 0.2) is 42.5 Å². The Bertz CT molecular complexity index is 1320. The molecule has 2 aliphatic heterocycles. The zero-order valence-corrected chi connectivity index (χ0v) is 23.9. The van der Waals surface area contributed by atoms with Crippen LogP contribution in [0.1, 0.15) is 48.8 Å². The summed E-state index contributed by atoms with van der Waals surface area (Å²) in [4.78, 5) is 67.5. The largest absolute Gasteiger partial charge is 0.342 e. The van der Waals surface area contributed by atoms with Crippen LogP contribution in [0, 0.1) is 6.92 Å². The highest BCUT2D eigenvalue weighted by molar-refractivity contribution is 6.31. The smallest absolute Gasteiger partial charge is 0.246 e. The van der Waals surface area contributed by atoms with Crippen molar-refractivity contribution in [1.82, 2.24) is 15.1 Å². The van der Waals surface area contributed by atoms with Gasteiger partial charge in [-0.15, -0.1) is 0 Å². The first-order valence-corrected chi connectivity index (χ1v) is 14.3. The molecular formula is C30H36ClN5O5. The molecule has 0 spiro atoms. The number of rotatable bonds is 9. The van der Waals surface area contributed by atoms with Crippen molar-refractivity contribution in [1.29, 1.82) is 0 Å². The van der Waals surface area contributed by atoms with Gasteiger partial charge >= 0.3 is 0 Å². The second-order valence-electron chi connectivity index (χ2n) is 10.5. The third-order valence-electron chi connectivity index (χ3n) is 7.61. The lowest BCUT2D eigenvalue weighted by Crippen LogP contribution is -2.56. The number of anilines is 1. The fraction of sp³-hybridized carbons (Fsp3) is 0.433. The van der Waals surface area contributed by atoms with E-state index in [-0.39, 0.29) is 56.4 Å². The van der Waals surface area contributed by atoms with Crippen molar-refractivity contribution in [2.45, 2.75) is 64.1 Å². The zero-order valence-electron chi connectivity index (χ0n) is 23.2. The molecule has 0 unspecified atom stereocenters. The number of likely N-dealkylation sites (tertiary alicyclic amines) is 1. The number of aryl methyl sites for hydroxylation is 1. The molecule has 2 atom stereocenters. The van der Waals surface area contributed by atoms with Crippen molar-refractivity contribution in [2.24, 2.45) is 5.73 Å². The summed E-state index contributed by atoms with van der Waals surface area (Å²) in [5, 5.41) is 6.19. The summed E-state index contributed by atoms with van der Waals surface area (Å²) in [6.45, 7) is 2.95. The van der Waals surface area contributed by atoms with Crippen LogP contribution >= 0.6 is 11.6 Å². The summed E-state index contributed by atoms with van der Waals surface area (Å²) in [5.41, 5.74) is 8.98. The van der Waals surface area contributed by atoms with Crippen LogP contribution in [0.25, 0.3) is 0 Å². The minimum Gasteiger partial charge on any atom is -0.342 e. The molecule has 1 saturated heterocycles. The fourth-order valence-electron chi connectivity index (χ4n) is 5.20. The number of amides is 4. The molecule has 1 fully saturated rings. The van der Waals surface area contributed by atoms with Gasteiger partial charge in [0, 0.05) is 62.4 Å². The number of fused-ring (bicyclic) bond motifs is 1. The third kappa shape index (κ3) is 7.71. The van der Waals surface area contributed by atoms with Crippen molar-refractivity contribution in [2.75, 3.05) is 25.0 Å². The van der Waals surface area contributed by atoms with Crippen LogP contribution < -0.4 is 16.4 Å². The maximum Gasteiger partial charge on any atom is 0.246 e. The molecule has 2 heterocycles. The van der Waals surface area contributed by atoms with E-state index in [0.717, 1.165) is 16.7 Å². The molecule has 0 saturated carbocycles. The summed E-state index contributed by atoms with van der Waals surface area (Å²) in [6.07, 6.45) is 1.09. The van der Waals surface area contributed by atoms with Gasteiger partial charge in [0.25, 0.3) is 0 Å². The number of benzene rings is 2. The Balaban J connectivity index is 1.45. The monoisotopic (exact) mass is 581 g/mol. The lowest BCUT2D eigenvalue weighted by atomic mass is 9.92. The molecule has 4 amide bonds. The lowest BCUT2D eigenvalue weighted by molar-refractivity contribution is -0.144. The Morgan fingerprint density at radius 1 is 1.02 bits per heavy atom. The number of piperidine rings is 1. The topological polar surface area (TPSA) is 142 Å². The molecule has 0 radical (unpaired) electrons. The second-order valence-corrected chi connectivity index (χ2v) is 10.9. The summed E-state index contributed by atoms with van der Waals surface area (Å²) < 4.78 is 0. The second kappa shape index (κ2) is 13.7. The Morgan fingerprint density at radius 2 is 1.71 bits per heavy atom. The first kappa shape index (κ1) is 30.2. The highest BCUT2D eigenvalue weighted by atomic mass is 35.5. The van der Waals surface area contributed by atoms with Gasteiger partial charge in [-0.25, -0.2) is 0 Å². The minimum absolute atomic E-state index is 0.00176. The Labute approximate surface area is 244 Å². The van der Waals surface area contributed by atoms with Crippen LogP contribution in [0.3, 0.4) is 0 Å². The SMILES string of the molecule is Cc1cc(NC(=O)[C@H](CCN)NC(=O)[C@@H]2Cc3ccccc3CN2C(=O)CCC(=O)N2CCC(=O)CC2)ccc1Cl. The molecule has 0 bridgehead atoms. The first-order chi connectivity index (χ1) is 19.7. The average molecular weight is 582 g/mol. The molecule has 2 aromatic carbocycles. The molecule has 0 aromatic heterocycles. The molecule has 4 rings (SSSR count). The van der Waals surface area contributed by atoms with Gasteiger partial charge in [-0.1, -0.05) is 35.9 Å². The quantitative estimate of drug-likeness (QED) is 0.415. The van der Waals surface area contributed by atoms with Crippen LogP contribution in [0.4, 0.5) is 5.69 Å². The molecule has 218 valence electrons. The summed E-state index contributed by atoms with van der Waals surface area (Å²) in [6, 6.07) is 10.9. The zero-order chi connectivity index (χ0) is 29.5. The van der Waals surface area contributed by atoms with Crippen LogP contribution in [0.5, 0.6) is 0 Å². The number of carbonyl (C=O) groups is 5. The first-order valence-electron chi connectivity index (χ1n) is 13.9. The maximum atomic E-state index is 13.6. The van der Waals surface area contributed by atoms with E-state index >= 15 is 0 Å². The van der Waals surface area contributed by atoms with Gasteiger partial charge in [-0.05, 0) is 54.8 Å². The molecule has 2 aliphatic rings. The van der Waals surface area contributed by atoms with E-state index in [1.54, 1.807) is 23.1 Å². The summed E-state index contributed by atoms with van der Waals surface area (Å²) in [7, 11) is 0. The number of nitrogens with zero attached hydrogens (tertiary/aromatic N) is 2. The van der Waals surface area contributed by atoms with Crippen molar-refractivity contribution in [3.05, 3.63) is 64.2 Å². The van der Waals surface area contributed by atoms with Gasteiger partial charge < -0.3 is 26.2 Å². The van der Waals surface area contributed by atoms with Crippen molar-refractivity contribution >= 4 is 46.7 Å². The van der Waals surface area contributed by atoms with E-state index in [0.29, 0.717) is 36.6 Å². The summed E-state index contributed by atoms with van der Waals surface area (Å²) in [5.74, 6) is -1.25. The number of Topliss-reactive ketones (excluding diaryl/α,β-unsaturated/α-hetero) is 1. The molecule has 41 heavy (non-hydrogen) atoms. The van der Waals surface area contributed by atoms with Gasteiger partial charge in [0.15, 0.2) is 0 Å². The standard InChI is InChI=1S/C30H36ClN5O5/c1-19-16-22(6-7-24(19)31)33-29(40)25(10-13-32)34-30(41)26-17-20-4-2-3-5-21(20)18-36(26)28(39)9-8-27(38)35-14-11-23(37)12-15-35/h2-7,16,25-26H,8-15,17-18,32H2,1H3,(H,33,40)(H,34,41)/t25-,26-/m0/s1. The maximum absolute atomic E-state index is 13.6. The predicted molar refractivity (Wildman–Crippen MR) is 155 cm³/mol.